The van der Waals surface area contributed by atoms with E-state index in [4.69, 9.17) is 0 Å². The van der Waals surface area contributed by atoms with Gasteiger partial charge in [-0.05, 0) is 0 Å². The molecule has 22 valence electrons. The molecule has 0 nitrogen and oxygen atoms in total. The minimum Gasteiger partial charge on any atom is 0 e. The molecule has 0 amide bonds. The molecule has 0 aliphatic rings. The Balaban J connectivity index is 0. The maximum atomic E-state index is 0. The monoisotopic (exact) mass is 282 g/mol. The molecule has 0 aliphatic carbocycles. The Kier molecular flexibility index (Phi) is 179. The molecule has 0 bridgehead atoms. The van der Waals surface area contributed by atoms with E-state index in [2.05, 4.69) is 0 Å². The van der Waals surface area contributed by atoms with Crippen LogP contribution in [0.25, 0.3) is 0 Å². The normalized spacial score (nSPS) is 0. The number of rotatable bonds is 0. The summed E-state index contributed by atoms with van der Waals surface area (Å²) < 4.78 is 0. The molecule has 0 spiro atoms. The standard InChI is InChI=1S/Ba.Li.Mg.Mn.Ni. The van der Waals surface area contributed by atoms with E-state index >= 15 is 0 Å². The molecule has 0 rings (SSSR count). The summed E-state index contributed by atoms with van der Waals surface area (Å²) in [6.45, 7) is 0. The molecule has 0 aromatic carbocycles. The SMILES string of the molecule is [Ba].[Li].[Mg].[Mn].[Ni]. The van der Waals surface area contributed by atoms with Crippen LogP contribution in [0.5, 0.6) is 0 Å². The van der Waals surface area contributed by atoms with E-state index in [9.17, 15) is 0 Å². The van der Waals surface area contributed by atoms with Gasteiger partial charge < -0.3 is 0 Å². The molecule has 0 aromatic heterocycles. The van der Waals surface area contributed by atoms with Gasteiger partial charge in [-0.3, -0.25) is 0 Å². The van der Waals surface area contributed by atoms with Crippen molar-refractivity contribution in [2.45, 2.75) is 0 Å². The van der Waals surface area contributed by atoms with Crippen LogP contribution < -0.4 is 0 Å². The summed E-state index contributed by atoms with van der Waals surface area (Å²) in [5.41, 5.74) is 0. The van der Waals surface area contributed by atoms with E-state index in [1.165, 1.54) is 0 Å². The zero-order valence-corrected chi connectivity index (χ0v) is 11.1. The van der Waals surface area contributed by atoms with E-state index in [0.717, 1.165) is 0 Å². The van der Waals surface area contributed by atoms with Gasteiger partial charge in [0.05, 0.1) is 0 Å². The Morgan fingerprint density at radius 3 is 1.00 bits per heavy atom. The fraction of sp³-hybridized carbons (Fsp3) is 0. The van der Waals surface area contributed by atoms with Crippen molar-refractivity contribution in [1.82, 2.24) is 0 Å². The van der Waals surface area contributed by atoms with Crippen LogP contribution in [0.2, 0.25) is 0 Å². The van der Waals surface area contributed by atoms with Crippen molar-refractivity contribution in [3.8, 4) is 0 Å². The van der Waals surface area contributed by atoms with Gasteiger partial charge in [-0.2, -0.15) is 0 Å². The van der Waals surface area contributed by atoms with Gasteiger partial charge in [0.1, 0.15) is 0 Å². The molecule has 0 heterocycles. The van der Waals surface area contributed by atoms with Crippen molar-refractivity contribution >= 4 is 90.8 Å². The summed E-state index contributed by atoms with van der Waals surface area (Å²) in [4.78, 5) is 0. The molecular formula is BaLiMgMnNi. The Labute approximate surface area is 121 Å². The summed E-state index contributed by atoms with van der Waals surface area (Å²) in [6.07, 6.45) is 0. The van der Waals surface area contributed by atoms with Crippen molar-refractivity contribution in [3.63, 3.8) is 0 Å². The van der Waals surface area contributed by atoms with Crippen LogP contribution in [0.1, 0.15) is 0 Å². The molecule has 0 N–H and O–H groups in total. The molecule has 5 heteroatoms. The van der Waals surface area contributed by atoms with Crippen LogP contribution in [0.15, 0.2) is 0 Å². The molecule has 0 aromatic rings. The maximum absolute atomic E-state index is 0. The first kappa shape index (κ1) is 36.3. The molecule has 0 atom stereocenters. The first-order valence-corrected chi connectivity index (χ1v) is 0. The third-order valence-electron chi connectivity index (χ3n) is 0. The van der Waals surface area contributed by atoms with Crippen LogP contribution >= 0.6 is 0 Å². The molecule has 0 unspecified atom stereocenters. The molecule has 0 aliphatic heterocycles. The second-order valence-corrected chi connectivity index (χ2v) is 0. The average Bonchev–Trinajstić information content (AvgIpc) is 0. The first-order valence-electron chi connectivity index (χ1n) is 0. The van der Waals surface area contributed by atoms with Crippen molar-refractivity contribution in [3.05, 3.63) is 0 Å². The third kappa shape index (κ3) is 18.0. The maximum Gasteiger partial charge on any atom is 0 e. The first-order chi connectivity index (χ1) is 0. The quantitative estimate of drug-likeness (QED) is 0.492. The fourth-order valence-electron chi connectivity index (χ4n) is 0. The number of hydrogen-bond donors (Lipinski definition) is 0. The summed E-state index contributed by atoms with van der Waals surface area (Å²) in [5.74, 6) is 0. The van der Waals surface area contributed by atoms with Crippen molar-refractivity contribution in [2.75, 3.05) is 0 Å². The van der Waals surface area contributed by atoms with Gasteiger partial charge in [0.15, 0.2) is 0 Å². The predicted molar refractivity (Wildman–Crippen MR) is 17.3 cm³/mol. The zero-order chi connectivity index (χ0) is 0. The minimum absolute atomic E-state index is 0. The Hall–Kier alpha value is 3.95. The van der Waals surface area contributed by atoms with Gasteiger partial charge in [0.2, 0.25) is 0 Å². The Bertz CT molecular complexity index is 11.6. The van der Waals surface area contributed by atoms with Gasteiger partial charge >= 0.3 is 0 Å². The molecule has 0 saturated heterocycles. The van der Waals surface area contributed by atoms with Gasteiger partial charge in [0.25, 0.3) is 0 Å². The molecule has 0 fully saturated rings. The predicted octanol–water partition coefficient (Wildman–Crippen LogP) is -1.15. The molecule has 0 saturated carbocycles. The fourth-order valence-corrected chi connectivity index (χ4v) is 0. The van der Waals surface area contributed by atoms with Crippen molar-refractivity contribution < 1.29 is 33.6 Å². The van der Waals surface area contributed by atoms with Crippen LogP contribution in [-0.4, -0.2) is 90.8 Å². The van der Waals surface area contributed by atoms with E-state index in [1.807, 2.05) is 0 Å². The molecule has 6 radical (unpaired) electrons. The number of hydrogen-bond acceptors (Lipinski definition) is 0. The van der Waals surface area contributed by atoms with Gasteiger partial charge in [-0.15, -0.1) is 0 Å². The van der Waals surface area contributed by atoms with E-state index in [-0.39, 0.29) is 124 Å². The topological polar surface area (TPSA) is 0 Å². The third-order valence-corrected chi connectivity index (χ3v) is 0. The van der Waals surface area contributed by atoms with E-state index in [0.29, 0.717) is 0 Å². The van der Waals surface area contributed by atoms with E-state index < -0.39 is 0 Å². The minimum atomic E-state index is 0. The van der Waals surface area contributed by atoms with E-state index in [1.54, 1.807) is 0 Å². The van der Waals surface area contributed by atoms with Crippen LogP contribution in [-0.2, 0) is 33.6 Å². The second-order valence-electron chi connectivity index (χ2n) is 0. The zero-order valence-electron chi connectivity index (χ0n) is 3.11. The van der Waals surface area contributed by atoms with Crippen molar-refractivity contribution in [1.29, 1.82) is 0 Å². The summed E-state index contributed by atoms with van der Waals surface area (Å²) >= 11 is 0. The van der Waals surface area contributed by atoms with Crippen LogP contribution in [0.4, 0.5) is 0 Å². The Morgan fingerprint density at radius 1 is 1.00 bits per heavy atom. The van der Waals surface area contributed by atoms with Crippen LogP contribution in [0, 0.1) is 0 Å². The summed E-state index contributed by atoms with van der Waals surface area (Å²) in [6, 6.07) is 0. The Morgan fingerprint density at radius 2 is 1.00 bits per heavy atom. The van der Waals surface area contributed by atoms with Crippen molar-refractivity contribution in [2.24, 2.45) is 0 Å². The van der Waals surface area contributed by atoms with Gasteiger partial charge in [-0.25, -0.2) is 0 Å². The second kappa shape index (κ2) is 24.6. The molecular weight excluding hydrogens is 282 g/mol. The largest absolute Gasteiger partial charge is 0 e. The van der Waals surface area contributed by atoms with Crippen LogP contribution in [0.3, 0.4) is 0 Å². The van der Waals surface area contributed by atoms with Gasteiger partial charge in [0, 0.05) is 124 Å². The average molecular weight is 282 g/mol. The smallest absolute Gasteiger partial charge is 0 e. The summed E-state index contributed by atoms with van der Waals surface area (Å²) in [5, 5.41) is 0. The molecule has 5 heavy (non-hydrogen) atoms. The van der Waals surface area contributed by atoms with Gasteiger partial charge in [-0.1, -0.05) is 0 Å². The summed E-state index contributed by atoms with van der Waals surface area (Å²) in [7, 11) is 0.